The van der Waals surface area contributed by atoms with Gasteiger partial charge < -0.3 is 10.1 Å². The first-order valence-corrected chi connectivity index (χ1v) is 10.0. The first-order valence-electron chi connectivity index (χ1n) is 8.41. The van der Waals surface area contributed by atoms with Crippen LogP contribution in [0.5, 0.6) is 5.75 Å². The molecule has 1 heterocycles. The summed E-state index contributed by atoms with van der Waals surface area (Å²) in [6.07, 6.45) is 2.92. The molecule has 2 rings (SSSR count). The smallest absolute Gasteiger partial charge is 0.225 e. The van der Waals surface area contributed by atoms with Crippen LogP contribution in [0, 0.1) is 0 Å². The average molecular weight is 354 g/mol. The van der Waals surface area contributed by atoms with Crippen molar-refractivity contribution >= 4 is 21.6 Å². The van der Waals surface area contributed by atoms with E-state index in [0.717, 1.165) is 25.0 Å². The third-order valence-electron chi connectivity index (χ3n) is 3.81. The van der Waals surface area contributed by atoms with Gasteiger partial charge in [-0.2, -0.15) is 0 Å². The minimum Gasteiger partial charge on any atom is -0.491 e. The number of piperidine rings is 1. The number of ether oxygens (including phenoxy) is 1. The maximum atomic E-state index is 12.2. The van der Waals surface area contributed by atoms with Crippen molar-refractivity contribution in [1.82, 2.24) is 4.31 Å². The standard InChI is InChI=1S/C17H26N2O4S/c1-14(2)23-16-8-6-15(7-9-16)18-17(20)10-13-24(21,22)19-11-4-3-5-12-19/h6-9,14H,3-5,10-13H2,1-2H3,(H,18,20). The van der Waals surface area contributed by atoms with Crippen molar-refractivity contribution in [2.45, 2.75) is 45.6 Å². The van der Waals surface area contributed by atoms with Crippen LogP contribution < -0.4 is 10.1 Å². The second kappa shape index (κ2) is 8.48. The van der Waals surface area contributed by atoms with Crippen molar-refractivity contribution in [2.75, 3.05) is 24.2 Å². The Labute approximate surface area is 144 Å². The summed E-state index contributed by atoms with van der Waals surface area (Å²) in [6, 6.07) is 7.05. The van der Waals surface area contributed by atoms with E-state index in [1.807, 2.05) is 13.8 Å². The van der Waals surface area contributed by atoms with E-state index < -0.39 is 10.0 Å². The molecule has 1 N–H and O–H groups in total. The summed E-state index contributed by atoms with van der Waals surface area (Å²) in [5, 5.41) is 2.72. The zero-order valence-electron chi connectivity index (χ0n) is 14.3. The minimum absolute atomic E-state index is 0.0386. The summed E-state index contributed by atoms with van der Waals surface area (Å²) in [6.45, 7) is 5.03. The van der Waals surface area contributed by atoms with Crippen molar-refractivity contribution in [3.05, 3.63) is 24.3 Å². The van der Waals surface area contributed by atoms with Crippen molar-refractivity contribution in [1.29, 1.82) is 0 Å². The molecular formula is C17H26N2O4S. The second-order valence-corrected chi connectivity index (χ2v) is 8.35. The number of carbonyl (C=O) groups is 1. The number of carbonyl (C=O) groups excluding carboxylic acids is 1. The predicted molar refractivity (Wildman–Crippen MR) is 94.7 cm³/mol. The Morgan fingerprint density at radius 3 is 2.38 bits per heavy atom. The highest BCUT2D eigenvalue weighted by atomic mass is 32.2. The Hall–Kier alpha value is -1.60. The van der Waals surface area contributed by atoms with Crippen LogP contribution in [-0.2, 0) is 14.8 Å². The number of rotatable bonds is 7. The fraction of sp³-hybridized carbons (Fsp3) is 0.588. The molecule has 1 aromatic rings. The highest BCUT2D eigenvalue weighted by Gasteiger charge is 2.24. The number of hydrogen-bond donors (Lipinski definition) is 1. The number of anilines is 1. The van der Waals surface area contributed by atoms with Crippen molar-refractivity contribution in [3.8, 4) is 5.75 Å². The number of sulfonamides is 1. The first kappa shape index (κ1) is 18.7. The zero-order valence-corrected chi connectivity index (χ0v) is 15.1. The highest BCUT2D eigenvalue weighted by Crippen LogP contribution is 2.18. The number of nitrogens with zero attached hydrogens (tertiary/aromatic N) is 1. The van der Waals surface area contributed by atoms with Gasteiger partial charge in [-0.15, -0.1) is 0 Å². The van der Waals surface area contributed by atoms with Crippen LogP contribution >= 0.6 is 0 Å². The van der Waals surface area contributed by atoms with E-state index in [0.29, 0.717) is 18.8 Å². The summed E-state index contributed by atoms with van der Waals surface area (Å²) in [5.74, 6) is 0.289. The lowest BCUT2D eigenvalue weighted by molar-refractivity contribution is -0.115. The van der Waals surface area contributed by atoms with Crippen LogP contribution in [0.15, 0.2) is 24.3 Å². The lowest BCUT2D eigenvalue weighted by Gasteiger charge is -2.25. The molecule has 1 saturated heterocycles. The molecule has 0 bridgehead atoms. The van der Waals surface area contributed by atoms with Crippen LogP contribution in [0.2, 0.25) is 0 Å². The number of hydrogen-bond acceptors (Lipinski definition) is 4. The SMILES string of the molecule is CC(C)Oc1ccc(NC(=O)CCS(=O)(=O)N2CCCCC2)cc1. The number of benzene rings is 1. The quantitative estimate of drug-likeness (QED) is 0.817. The second-order valence-electron chi connectivity index (χ2n) is 6.26. The molecule has 0 aliphatic carbocycles. The van der Waals surface area contributed by atoms with E-state index in [-0.39, 0.29) is 24.2 Å². The molecule has 1 amide bonds. The molecule has 0 saturated carbocycles. The van der Waals surface area contributed by atoms with Crippen molar-refractivity contribution < 1.29 is 17.9 Å². The molecule has 1 aliphatic rings. The van der Waals surface area contributed by atoms with E-state index in [1.54, 1.807) is 24.3 Å². The van der Waals surface area contributed by atoms with E-state index in [1.165, 1.54) is 4.31 Å². The molecule has 0 unspecified atom stereocenters. The Balaban J connectivity index is 1.82. The average Bonchev–Trinajstić information content (AvgIpc) is 2.55. The van der Waals surface area contributed by atoms with Crippen molar-refractivity contribution in [2.24, 2.45) is 0 Å². The number of nitrogens with one attached hydrogen (secondary N) is 1. The Kier molecular flexibility index (Phi) is 6.62. The van der Waals surface area contributed by atoms with Crippen LogP contribution in [0.4, 0.5) is 5.69 Å². The van der Waals surface area contributed by atoms with E-state index in [4.69, 9.17) is 4.74 Å². The summed E-state index contributed by atoms with van der Waals surface area (Å²) in [4.78, 5) is 12.0. The molecule has 0 atom stereocenters. The first-order chi connectivity index (χ1) is 11.4. The third-order valence-corrected chi connectivity index (χ3v) is 5.68. The molecule has 1 fully saturated rings. The van der Waals surface area contributed by atoms with Gasteiger partial charge in [-0.05, 0) is 51.0 Å². The molecule has 0 aromatic heterocycles. The molecule has 24 heavy (non-hydrogen) atoms. The molecule has 0 spiro atoms. The fourth-order valence-corrected chi connectivity index (χ4v) is 4.12. The normalized spacial score (nSPS) is 16.1. The zero-order chi connectivity index (χ0) is 17.6. The minimum atomic E-state index is -3.34. The maximum Gasteiger partial charge on any atom is 0.225 e. The Morgan fingerprint density at radius 1 is 1.17 bits per heavy atom. The lowest BCUT2D eigenvalue weighted by atomic mass is 10.2. The van der Waals surface area contributed by atoms with Gasteiger partial charge in [0, 0.05) is 25.2 Å². The van der Waals surface area contributed by atoms with Gasteiger partial charge in [0.15, 0.2) is 0 Å². The summed E-state index contributed by atoms with van der Waals surface area (Å²) >= 11 is 0. The van der Waals surface area contributed by atoms with Gasteiger partial charge in [0.25, 0.3) is 0 Å². The van der Waals surface area contributed by atoms with Gasteiger partial charge >= 0.3 is 0 Å². The van der Waals surface area contributed by atoms with Crippen LogP contribution in [-0.4, -0.2) is 43.6 Å². The molecule has 134 valence electrons. The summed E-state index contributed by atoms with van der Waals surface area (Å²) < 4.78 is 31.5. The molecular weight excluding hydrogens is 328 g/mol. The molecule has 0 radical (unpaired) electrons. The van der Waals surface area contributed by atoms with E-state index in [2.05, 4.69) is 5.32 Å². The van der Waals surface area contributed by atoms with E-state index >= 15 is 0 Å². The van der Waals surface area contributed by atoms with Gasteiger partial charge in [0.1, 0.15) is 5.75 Å². The third kappa shape index (κ3) is 5.79. The van der Waals surface area contributed by atoms with E-state index in [9.17, 15) is 13.2 Å². The van der Waals surface area contributed by atoms with Crippen LogP contribution in [0.25, 0.3) is 0 Å². The van der Waals surface area contributed by atoms with Gasteiger partial charge in [-0.3, -0.25) is 4.79 Å². The molecule has 7 heteroatoms. The van der Waals surface area contributed by atoms with Gasteiger partial charge in [0.05, 0.1) is 11.9 Å². The molecule has 6 nitrogen and oxygen atoms in total. The molecule has 1 aliphatic heterocycles. The van der Waals surface area contributed by atoms with Crippen LogP contribution in [0.1, 0.15) is 39.5 Å². The van der Waals surface area contributed by atoms with Gasteiger partial charge in [-0.1, -0.05) is 6.42 Å². The van der Waals surface area contributed by atoms with Crippen molar-refractivity contribution in [3.63, 3.8) is 0 Å². The lowest BCUT2D eigenvalue weighted by Crippen LogP contribution is -2.37. The largest absolute Gasteiger partial charge is 0.491 e. The Bertz CT molecular complexity index is 635. The fourth-order valence-electron chi connectivity index (χ4n) is 2.61. The molecule has 1 aromatic carbocycles. The number of amides is 1. The Morgan fingerprint density at radius 2 is 1.79 bits per heavy atom. The summed E-state index contributed by atoms with van der Waals surface area (Å²) in [7, 11) is -3.34. The topological polar surface area (TPSA) is 75.7 Å². The summed E-state index contributed by atoms with van der Waals surface area (Å²) in [5.41, 5.74) is 0.631. The predicted octanol–water partition coefficient (Wildman–Crippen LogP) is 2.62. The van der Waals surface area contributed by atoms with Gasteiger partial charge in [0.2, 0.25) is 15.9 Å². The van der Waals surface area contributed by atoms with Crippen LogP contribution in [0.3, 0.4) is 0 Å². The van der Waals surface area contributed by atoms with Gasteiger partial charge in [-0.25, -0.2) is 12.7 Å². The maximum absolute atomic E-state index is 12.2. The monoisotopic (exact) mass is 354 g/mol. The highest BCUT2D eigenvalue weighted by molar-refractivity contribution is 7.89.